The van der Waals surface area contributed by atoms with Gasteiger partial charge in [0.1, 0.15) is 17.7 Å². The SMILES string of the molecule is CCCC(C)NC(=O)C(c1ccc(CC)cc1)N(CCC)C(=O)C(CS)NC(=O)OC(C)(C)C. The van der Waals surface area contributed by atoms with E-state index in [4.69, 9.17) is 4.74 Å². The van der Waals surface area contributed by atoms with Gasteiger partial charge >= 0.3 is 6.09 Å². The van der Waals surface area contributed by atoms with Gasteiger partial charge in [-0.3, -0.25) is 9.59 Å². The number of benzene rings is 1. The number of thiol groups is 1. The molecule has 0 spiro atoms. The lowest BCUT2D eigenvalue weighted by molar-refractivity contribution is -0.142. The quantitative estimate of drug-likeness (QED) is 0.370. The van der Waals surface area contributed by atoms with Gasteiger partial charge in [-0.25, -0.2) is 4.79 Å². The number of amides is 3. The van der Waals surface area contributed by atoms with Gasteiger partial charge in [-0.15, -0.1) is 0 Å². The van der Waals surface area contributed by atoms with Crippen molar-refractivity contribution in [2.45, 2.75) is 97.9 Å². The highest BCUT2D eigenvalue weighted by Gasteiger charge is 2.35. The zero-order valence-corrected chi connectivity index (χ0v) is 22.7. The lowest BCUT2D eigenvalue weighted by Crippen LogP contribution is -2.54. The molecule has 0 radical (unpaired) electrons. The largest absolute Gasteiger partial charge is 0.444 e. The summed E-state index contributed by atoms with van der Waals surface area (Å²) < 4.78 is 5.32. The summed E-state index contributed by atoms with van der Waals surface area (Å²) >= 11 is 4.30. The predicted octanol–water partition coefficient (Wildman–Crippen LogP) is 4.66. The molecular formula is C26H43N3O4S. The standard InChI is InChI=1S/C26H43N3O4S/c1-8-11-18(4)27-23(30)22(20-14-12-19(10-3)13-15-20)29(16-9-2)24(31)21(17-34)28-25(32)33-26(5,6)7/h12-15,18,21-22,34H,8-11,16-17H2,1-7H3,(H,27,30)(H,28,32). The van der Waals surface area contributed by atoms with E-state index >= 15 is 0 Å². The van der Waals surface area contributed by atoms with Crippen LogP contribution in [-0.4, -0.2) is 52.8 Å². The normalized spacial score (nSPS) is 14.0. The number of carbonyl (C=O) groups is 3. The maximum Gasteiger partial charge on any atom is 0.408 e. The van der Waals surface area contributed by atoms with E-state index in [1.807, 2.05) is 38.1 Å². The van der Waals surface area contributed by atoms with Gasteiger partial charge in [0, 0.05) is 18.3 Å². The second kappa shape index (κ2) is 14.2. The van der Waals surface area contributed by atoms with Crippen molar-refractivity contribution in [1.82, 2.24) is 15.5 Å². The van der Waals surface area contributed by atoms with Crippen molar-refractivity contribution in [2.24, 2.45) is 0 Å². The van der Waals surface area contributed by atoms with Crippen LogP contribution < -0.4 is 10.6 Å². The van der Waals surface area contributed by atoms with Crippen molar-refractivity contribution in [3.8, 4) is 0 Å². The Morgan fingerprint density at radius 1 is 1.03 bits per heavy atom. The lowest BCUT2D eigenvalue weighted by Gasteiger charge is -2.34. The van der Waals surface area contributed by atoms with Gasteiger partial charge in [0.25, 0.3) is 0 Å². The summed E-state index contributed by atoms with van der Waals surface area (Å²) in [6, 6.07) is 6.00. The summed E-state index contributed by atoms with van der Waals surface area (Å²) in [5.41, 5.74) is 1.18. The monoisotopic (exact) mass is 493 g/mol. The first kappa shape index (κ1) is 29.8. The van der Waals surface area contributed by atoms with Gasteiger partial charge in [-0.05, 0) is 58.1 Å². The zero-order valence-electron chi connectivity index (χ0n) is 21.8. The number of hydrogen-bond acceptors (Lipinski definition) is 5. The van der Waals surface area contributed by atoms with Gasteiger partial charge in [-0.2, -0.15) is 12.6 Å². The Morgan fingerprint density at radius 3 is 2.12 bits per heavy atom. The fraction of sp³-hybridized carbons (Fsp3) is 0.654. The predicted molar refractivity (Wildman–Crippen MR) is 140 cm³/mol. The Morgan fingerprint density at radius 2 is 1.65 bits per heavy atom. The van der Waals surface area contributed by atoms with Crippen molar-refractivity contribution in [1.29, 1.82) is 0 Å². The van der Waals surface area contributed by atoms with Crippen LogP contribution in [0.25, 0.3) is 0 Å². The highest BCUT2D eigenvalue weighted by Crippen LogP contribution is 2.24. The third-order valence-corrected chi connectivity index (χ3v) is 5.66. The van der Waals surface area contributed by atoms with E-state index in [9.17, 15) is 14.4 Å². The molecule has 0 aliphatic heterocycles. The molecule has 2 N–H and O–H groups in total. The van der Waals surface area contributed by atoms with Crippen LogP contribution in [0.5, 0.6) is 0 Å². The number of nitrogens with one attached hydrogen (secondary N) is 2. The summed E-state index contributed by atoms with van der Waals surface area (Å²) in [7, 11) is 0. The molecule has 3 atom stereocenters. The van der Waals surface area contributed by atoms with Crippen molar-refractivity contribution >= 4 is 30.5 Å². The number of alkyl carbamates (subject to hydrolysis) is 1. The molecule has 0 aliphatic carbocycles. The van der Waals surface area contributed by atoms with Crippen LogP contribution in [0.2, 0.25) is 0 Å². The summed E-state index contributed by atoms with van der Waals surface area (Å²) in [6.07, 6.45) is 2.62. The van der Waals surface area contributed by atoms with E-state index in [2.05, 4.69) is 37.1 Å². The molecule has 0 fully saturated rings. The fourth-order valence-corrected chi connectivity index (χ4v) is 3.93. The molecule has 1 rings (SSSR count). The van der Waals surface area contributed by atoms with Crippen LogP contribution in [0.1, 0.15) is 84.9 Å². The molecule has 0 saturated heterocycles. The Hall–Kier alpha value is -2.22. The average Bonchev–Trinajstić information content (AvgIpc) is 2.76. The number of ether oxygens (including phenoxy) is 1. The van der Waals surface area contributed by atoms with E-state index < -0.39 is 23.8 Å². The van der Waals surface area contributed by atoms with Crippen LogP contribution in [0.3, 0.4) is 0 Å². The second-order valence-electron chi connectivity index (χ2n) is 9.61. The second-order valence-corrected chi connectivity index (χ2v) is 9.97. The highest BCUT2D eigenvalue weighted by atomic mass is 32.1. The van der Waals surface area contributed by atoms with Gasteiger partial charge in [0.2, 0.25) is 11.8 Å². The molecule has 0 aliphatic rings. The van der Waals surface area contributed by atoms with Crippen molar-refractivity contribution in [3.05, 3.63) is 35.4 Å². The third-order valence-electron chi connectivity index (χ3n) is 5.29. The first-order valence-electron chi connectivity index (χ1n) is 12.3. The molecule has 3 unspecified atom stereocenters. The van der Waals surface area contributed by atoms with Crippen molar-refractivity contribution in [2.75, 3.05) is 12.3 Å². The van der Waals surface area contributed by atoms with Crippen LogP contribution in [0, 0.1) is 0 Å². The Labute approximate surface area is 210 Å². The van der Waals surface area contributed by atoms with E-state index in [-0.39, 0.29) is 23.6 Å². The number of aryl methyl sites for hydroxylation is 1. The molecule has 192 valence electrons. The minimum absolute atomic E-state index is 0.0194. The first-order chi connectivity index (χ1) is 16.0. The summed E-state index contributed by atoms with van der Waals surface area (Å²) in [5, 5.41) is 5.69. The molecular weight excluding hydrogens is 450 g/mol. The third kappa shape index (κ3) is 9.57. The van der Waals surface area contributed by atoms with Gasteiger partial charge < -0.3 is 20.3 Å². The minimum atomic E-state index is -0.928. The highest BCUT2D eigenvalue weighted by molar-refractivity contribution is 7.80. The molecule has 0 heterocycles. The molecule has 7 nitrogen and oxygen atoms in total. The van der Waals surface area contributed by atoms with Crippen LogP contribution in [0.4, 0.5) is 4.79 Å². The molecule has 0 bridgehead atoms. The first-order valence-corrected chi connectivity index (χ1v) is 12.9. The number of hydrogen-bond donors (Lipinski definition) is 3. The van der Waals surface area contributed by atoms with Gasteiger partial charge in [0.05, 0.1) is 0 Å². The fourth-order valence-electron chi connectivity index (χ4n) is 3.68. The maximum absolute atomic E-state index is 13.6. The lowest BCUT2D eigenvalue weighted by atomic mass is 10.00. The average molecular weight is 494 g/mol. The smallest absolute Gasteiger partial charge is 0.408 e. The number of nitrogens with zero attached hydrogens (tertiary/aromatic N) is 1. The molecule has 1 aromatic carbocycles. The number of rotatable bonds is 12. The van der Waals surface area contributed by atoms with E-state index in [1.54, 1.807) is 25.7 Å². The molecule has 0 aromatic heterocycles. The van der Waals surface area contributed by atoms with Gasteiger partial charge in [0.15, 0.2) is 0 Å². The van der Waals surface area contributed by atoms with Crippen molar-refractivity contribution in [3.63, 3.8) is 0 Å². The van der Waals surface area contributed by atoms with Crippen molar-refractivity contribution < 1.29 is 19.1 Å². The zero-order chi connectivity index (χ0) is 25.9. The Kier molecular flexibility index (Phi) is 12.5. The molecule has 0 saturated carbocycles. The topological polar surface area (TPSA) is 87.7 Å². The Bertz CT molecular complexity index is 792. The van der Waals surface area contributed by atoms with Crippen LogP contribution in [0.15, 0.2) is 24.3 Å². The van der Waals surface area contributed by atoms with Crippen LogP contribution >= 0.6 is 12.6 Å². The number of carbonyl (C=O) groups excluding carboxylic acids is 3. The molecule has 34 heavy (non-hydrogen) atoms. The summed E-state index contributed by atoms with van der Waals surface area (Å²) in [5.74, 6) is -0.527. The maximum atomic E-state index is 13.6. The minimum Gasteiger partial charge on any atom is -0.444 e. The summed E-state index contributed by atoms with van der Waals surface area (Å²) in [4.78, 5) is 41.0. The van der Waals surface area contributed by atoms with Gasteiger partial charge in [-0.1, -0.05) is 51.5 Å². The Balaban J connectivity index is 3.32. The molecule has 8 heteroatoms. The molecule has 3 amide bonds. The van der Waals surface area contributed by atoms with E-state index in [1.165, 1.54) is 0 Å². The van der Waals surface area contributed by atoms with E-state index in [0.29, 0.717) is 13.0 Å². The molecule has 1 aromatic rings. The summed E-state index contributed by atoms with van der Waals surface area (Å²) in [6.45, 7) is 13.7. The van der Waals surface area contributed by atoms with E-state index in [0.717, 1.165) is 30.4 Å². The van der Waals surface area contributed by atoms with Crippen LogP contribution in [-0.2, 0) is 20.7 Å².